The van der Waals surface area contributed by atoms with Crippen LogP contribution in [0.4, 0.5) is 0 Å². The van der Waals surface area contributed by atoms with Gasteiger partial charge < -0.3 is 14.5 Å². The lowest BCUT2D eigenvalue weighted by Gasteiger charge is -2.08. The van der Waals surface area contributed by atoms with Gasteiger partial charge in [-0.2, -0.15) is 0 Å². The first-order valence-electron chi connectivity index (χ1n) is 5.37. The summed E-state index contributed by atoms with van der Waals surface area (Å²) >= 11 is 6.64. The molecule has 0 aliphatic rings. The van der Waals surface area contributed by atoms with Gasteiger partial charge in [0.2, 0.25) is 5.78 Å². The van der Waals surface area contributed by atoms with Gasteiger partial charge in [-0.05, 0) is 56.1 Å². The molecule has 0 spiro atoms. The SMILES string of the molecule is COc1ccc(OC)c(C(=O)c2cc(Br)c(Br)[nH]2)c1. The number of hydrogen-bond acceptors (Lipinski definition) is 3. The third-order valence-corrected chi connectivity index (χ3v) is 4.40. The van der Waals surface area contributed by atoms with E-state index in [0.717, 1.165) is 9.08 Å². The first kappa shape index (κ1) is 14.1. The van der Waals surface area contributed by atoms with Crippen LogP contribution in [0.2, 0.25) is 0 Å². The zero-order valence-corrected chi connectivity index (χ0v) is 13.5. The van der Waals surface area contributed by atoms with E-state index in [-0.39, 0.29) is 5.78 Å². The number of H-pyrrole nitrogens is 1. The summed E-state index contributed by atoms with van der Waals surface area (Å²) < 4.78 is 11.9. The predicted octanol–water partition coefficient (Wildman–Crippen LogP) is 3.79. The molecule has 1 aromatic heterocycles. The molecule has 0 amide bonds. The molecule has 4 nitrogen and oxygen atoms in total. The summed E-state index contributed by atoms with van der Waals surface area (Å²) in [5.74, 6) is 0.948. The summed E-state index contributed by atoms with van der Waals surface area (Å²) in [6.45, 7) is 0. The highest BCUT2D eigenvalue weighted by molar-refractivity contribution is 9.13. The van der Waals surface area contributed by atoms with Crippen LogP contribution in [-0.4, -0.2) is 25.0 Å². The molecule has 0 radical (unpaired) electrons. The monoisotopic (exact) mass is 387 g/mol. The summed E-state index contributed by atoms with van der Waals surface area (Å²) in [6, 6.07) is 6.82. The van der Waals surface area contributed by atoms with E-state index in [2.05, 4.69) is 36.8 Å². The van der Waals surface area contributed by atoms with Crippen LogP contribution in [0.5, 0.6) is 11.5 Å². The summed E-state index contributed by atoms with van der Waals surface area (Å²) in [4.78, 5) is 15.4. The molecule has 6 heteroatoms. The van der Waals surface area contributed by atoms with Gasteiger partial charge in [-0.3, -0.25) is 4.79 Å². The van der Waals surface area contributed by atoms with Crippen molar-refractivity contribution < 1.29 is 14.3 Å². The van der Waals surface area contributed by atoms with Gasteiger partial charge >= 0.3 is 0 Å². The van der Waals surface area contributed by atoms with Crippen molar-refractivity contribution in [3.63, 3.8) is 0 Å². The van der Waals surface area contributed by atoms with Crippen LogP contribution in [0.25, 0.3) is 0 Å². The van der Waals surface area contributed by atoms with Gasteiger partial charge in [0.25, 0.3) is 0 Å². The summed E-state index contributed by atoms with van der Waals surface area (Å²) in [6.07, 6.45) is 0. The number of halogens is 2. The van der Waals surface area contributed by atoms with Crippen molar-refractivity contribution in [2.24, 2.45) is 0 Å². The van der Waals surface area contributed by atoms with Gasteiger partial charge in [-0.25, -0.2) is 0 Å². The minimum absolute atomic E-state index is 0.165. The van der Waals surface area contributed by atoms with Crippen LogP contribution >= 0.6 is 31.9 Å². The largest absolute Gasteiger partial charge is 0.497 e. The maximum absolute atomic E-state index is 12.5. The number of aromatic amines is 1. The van der Waals surface area contributed by atoms with Gasteiger partial charge in [-0.15, -0.1) is 0 Å². The zero-order chi connectivity index (χ0) is 14.0. The van der Waals surface area contributed by atoms with Crippen LogP contribution in [0.3, 0.4) is 0 Å². The second-order valence-electron chi connectivity index (χ2n) is 3.74. The number of methoxy groups -OCH3 is 2. The average Bonchev–Trinajstić information content (AvgIpc) is 2.77. The maximum Gasteiger partial charge on any atom is 0.213 e. The van der Waals surface area contributed by atoms with E-state index in [1.165, 1.54) is 7.11 Å². The van der Waals surface area contributed by atoms with E-state index in [9.17, 15) is 4.79 Å². The van der Waals surface area contributed by atoms with Crippen molar-refractivity contribution in [1.82, 2.24) is 4.98 Å². The fraction of sp³-hybridized carbons (Fsp3) is 0.154. The van der Waals surface area contributed by atoms with Gasteiger partial charge in [0, 0.05) is 0 Å². The fourth-order valence-corrected chi connectivity index (χ4v) is 2.32. The Morgan fingerprint density at radius 2 is 1.89 bits per heavy atom. The molecule has 0 bridgehead atoms. The number of aromatic nitrogens is 1. The topological polar surface area (TPSA) is 51.3 Å². The number of carbonyl (C=O) groups excluding carboxylic acids is 1. The van der Waals surface area contributed by atoms with E-state index in [4.69, 9.17) is 9.47 Å². The molecule has 0 aliphatic heterocycles. The van der Waals surface area contributed by atoms with Crippen molar-refractivity contribution in [2.45, 2.75) is 0 Å². The average molecular weight is 389 g/mol. The third-order valence-electron chi connectivity index (χ3n) is 2.62. The second-order valence-corrected chi connectivity index (χ2v) is 5.39. The quantitative estimate of drug-likeness (QED) is 0.810. The van der Waals surface area contributed by atoms with Crippen molar-refractivity contribution in [3.05, 3.63) is 44.6 Å². The smallest absolute Gasteiger partial charge is 0.213 e. The molecular weight excluding hydrogens is 378 g/mol. The van der Waals surface area contributed by atoms with E-state index < -0.39 is 0 Å². The number of carbonyl (C=O) groups is 1. The first-order valence-corrected chi connectivity index (χ1v) is 6.96. The molecule has 0 unspecified atom stereocenters. The number of benzene rings is 1. The number of ether oxygens (including phenoxy) is 2. The molecule has 0 saturated heterocycles. The molecule has 0 atom stereocenters. The molecule has 1 N–H and O–H groups in total. The lowest BCUT2D eigenvalue weighted by Crippen LogP contribution is -2.04. The van der Waals surface area contributed by atoms with Gasteiger partial charge in [-0.1, -0.05) is 0 Å². The maximum atomic E-state index is 12.5. The van der Waals surface area contributed by atoms with Gasteiger partial charge in [0.05, 0.1) is 34.6 Å². The molecule has 100 valence electrons. The Labute approximate surface area is 127 Å². The minimum atomic E-state index is -0.165. The lowest BCUT2D eigenvalue weighted by atomic mass is 10.1. The number of nitrogens with one attached hydrogen (secondary N) is 1. The minimum Gasteiger partial charge on any atom is -0.497 e. The summed E-state index contributed by atoms with van der Waals surface area (Å²) in [5.41, 5.74) is 0.911. The van der Waals surface area contributed by atoms with Gasteiger partial charge in [0.15, 0.2) is 0 Å². The number of rotatable bonds is 4. The molecule has 0 saturated carbocycles. The van der Waals surface area contributed by atoms with Crippen LogP contribution in [0, 0.1) is 0 Å². The normalized spacial score (nSPS) is 10.3. The van der Waals surface area contributed by atoms with Crippen LogP contribution < -0.4 is 9.47 Å². The Hall–Kier alpha value is -1.27. The highest BCUT2D eigenvalue weighted by Gasteiger charge is 2.18. The Balaban J connectivity index is 2.47. The van der Waals surface area contributed by atoms with Crippen LogP contribution in [0.1, 0.15) is 16.1 Å². The standard InChI is InChI=1S/C13H11Br2NO3/c1-18-7-3-4-11(19-2)8(5-7)12(17)10-6-9(14)13(15)16-10/h3-6,16H,1-2H3. The molecule has 19 heavy (non-hydrogen) atoms. The fourth-order valence-electron chi connectivity index (χ4n) is 1.66. The predicted molar refractivity (Wildman–Crippen MR) is 79.2 cm³/mol. The van der Waals surface area contributed by atoms with Crippen molar-refractivity contribution in [3.8, 4) is 11.5 Å². The van der Waals surface area contributed by atoms with E-state index >= 15 is 0 Å². The lowest BCUT2D eigenvalue weighted by molar-refractivity contribution is 0.103. The van der Waals surface area contributed by atoms with Crippen molar-refractivity contribution in [2.75, 3.05) is 14.2 Å². The third kappa shape index (κ3) is 2.84. The van der Waals surface area contributed by atoms with E-state index in [1.807, 2.05) is 0 Å². The second kappa shape index (κ2) is 5.79. The number of ketones is 1. The molecular formula is C13H11Br2NO3. The summed E-state index contributed by atoms with van der Waals surface area (Å²) in [7, 11) is 3.08. The van der Waals surface area contributed by atoms with Crippen LogP contribution in [0.15, 0.2) is 33.3 Å². The highest BCUT2D eigenvalue weighted by Crippen LogP contribution is 2.29. The Morgan fingerprint density at radius 1 is 1.16 bits per heavy atom. The molecule has 2 rings (SSSR count). The van der Waals surface area contributed by atoms with E-state index in [1.54, 1.807) is 31.4 Å². The highest BCUT2D eigenvalue weighted by atomic mass is 79.9. The van der Waals surface area contributed by atoms with Crippen molar-refractivity contribution in [1.29, 1.82) is 0 Å². The Morgan fingerprint density at radius 3 is 2.42 bits per heavy atom. The van der Waals surface area contributed by atoms with Crippen LogP contribution in [-0.2, 0) is 0 Å². The molecule has 1 heterocycles. The molecule has 1 aromatic carbocycles. The van der Waals surface area contributed by atoms with Gasteiger partial charge in [0.1, 0.15) is 11.5 Å². The zero-order valence-electron chi connectivity index (χ0n) is 10.3. The molecule has 0 aliphatic carbocycles. The Kier molecular flexibility index (Phi) is 4.31. The number of hydrogen-bond donors (Lipinski definition) is 1. The Bertz CT molecular complexity index is 603. The van der Waals surface area contributed by atoms with E-state index in [0.29, 0.717) is 22.8 Å². The molecule has 0 fully saturated rings. The summed E-state index contributed by atoms with van der Waals surface area (Å²) in [5, 5.41) is 0. The molecule has 2 aromatic rings. The van der Waals surface area contributed by atoms with Crippen molar-refractivity contribution >= 4 is 37.6 Å². The first-order chi connectivity index (χ1) is 9.06.